The molecule has 2 heterocycles. The fourth-order valence-electron chi connectivity index (χ4n) is 3.40. The maximum absolute atomic E-state index is 13.2. The van der Waals surface area contributed by atoms with Crippen LogP contribution in [0.1, 0.15) is 31.6 Å². The lowest BCUT2D eigenvalue weighted by atomic mass is 10.2. The Balaban J connectivity index is 0.00000320. The van der Waals surface area contributed by atoms with Gasteiger partial charge in [-0.15, -0.1) is 24.0 Å². The second-order valence-electron chi connectivity index (χ2n) is 6.91. The van der Waals surface area contributed by atoms with Crippen molar-refractivity contribution in [3.05, 3.63) is 54.2 Å². The van der Waals surface area contributed by atoms with E-state index < -0.39 is 5.82 Å². The van der Waals surface area contributed by atoms with Crippen LogP contribution >= 0.6 is 24.0 Å². The van der Waals surface area contributed by atoms with E-state index in [1.807, 2.05) is 19.1 Å². The van der Waals surface area contributed by atoms with E-state index in [-0.39, 0.29) is 42.5 Å². The molecule has 7 nitrogen and oxygen atoms in total. The molecule has 2 aromatic rings. The lowest BCUT2D eigenvalue weighted by Crippen LogP contribution is -2.43. The van der Waals surface area contributed by atoms with Crippen LogP contribution in [0.4, 0.5) is 10.1 Å². The van der Waals surface area contributed by atoms with Crippen molar-refractivity contribution in [2.45, 2.75) is 25.8 Å². The molecule has 0 bridgehead atoms. The number of carbonyl (C=O) groups is 1. The summed E-state index contributed by atoms with van der Waals surface area (Å²) in [5.41, 5.74) is 0.412. The largest absolute Gasteiger partial charge is 0.468 e. The highest BCUT2D eigenvalue weighted by molar-refractivity contribution is 14.0. The maximum atomic E-state index is 13.2. The van der Waals surface area contributed by atoms with E-state index >= 15 is 0 Å². The molecule has 164 valence electrons. The number of halogens is 2. The summed E-state index contributed by atoms with van der Waals surface area (Å²) in [5.74, 6) is 0.763. The minimum Gasteiger partial charge on any atom is -0.468 e. The number of carbonyl (C=O) groups excluding carboxylic acids is 1. The average molecular weight is 529 g/mol. The standard InChI is InChI=1S/C21H28FN5O2.HI/c1-2-23-21(25-15-20(28)26-17-8-5-7-16(22)13-17)24-14-18(19-9-6-12-29-19)27-10-3-4-11-27;/h5-9,12-13,18H,2-4,10-11,14-15H2,1H3,(H,26,28)(H2,23,24,25);1H. The molecule has 0 spiro atoms. The zero-order chi connectivity index (χ0) is 20.5. The van der Waals surface area contributed by atoms with Crippen molar-refractivity contribution in [3.63, 3.8) is 0 Å². The summed E-state index contributed by atoms with van der Waals surface area (Å²) >= 11 is 0. The van der Waals surface area contributed by atoms with E-state index in [9.17, 15) is 9.18 Å². The second-order valence-corrected chi connectivity index (χ2v) is 6.91. The van der Waals surface area contributed by atoms with Gasteiger partial charge in [-0.2, -0.15) is 0 Å². The zero-order valence-electron chi connectivity index (χ0n) is 17.1. The third kappa shape index (κ3) is 7.28. The zero-order valence-corrected chi connectivity index (χ0v) is 19.4. The Morgan fingerprint density at radius 3 is 2.70 bits per heavy atom. The number of furan rings is 1. The summed E-state index contributed by atoms with van der Waals surface area (Å²) in [7, 11) is 0. The highest BCUT2D eigenvalue weighted by atomic mass is 127. The van der Waals surface area contributed by atoms with Crippen LogP contribution in [-0.4, -0.2) is 49.5 Å². The number of nitrogens with one attached hydrogen (secondary N) is 3. The number of amides is 1. The lowest BCUT2D eigenvalue weighted by Gasteiger charge is -2.26. The Hall–Kier alpha value is -2.14. The van der Waals surface area contributed by atoms with E-state index in [2.05, 4.69) is 25.8 Å². The molecule has 1 aliphatic heterocycles. The Morgan fingerprint density at radius 2 is 2.03 bits per heavy atom. The van der Waals surface area contributed by atoms with E-state index in [0.717, 1.165) is 18.8 Å². The molecule has 1 amide bonds. The van der Waals surface area contributed by atoms with Crippen LogP contribution in [0.3, 0.4) is 0 Å². The molecule has 1 saturated heterocycles. The number of hydrogen-bond donors (Lipinski definition) is 3. The Kier molecular flexibility index (Phi) is 10.1. The third-order valence-electron chi connectivity index (χ3n) is 4.75. The molecule has 1 aromatic carbocycles. The van der Waals surface area contributed by atoms with Gasteiger partial charge in [-0.05, 0) is 63.2 Å². The van der Waals surface area contributed by atoms with Crippen molar-refractivity contribution >= 4 is 41.5 Å². The molecule has 1 aromatic heterocycles. The number of aliphatic imine (C=N–C) groups is 1. The van der Waals surface area contributed by atoms with Crippen molar-refractivity contribution in [2.24, 2.45) is 4.99 Å². The predicted octanol–water partition coefficient (Wildman–Crippen LogP) is 3.37. The van der Waals surface area contributed by atoms with Gasteiger partial charge in [0.25, 0.3) is 0 Å². The fraction of sp³-hybridized carbons (Fsp3) is 0.429. The maximum Gasteiger partial charge on any atom is 0.246 e. The minimum atomic E-state index is -0.396. The molecular formula is C21H29FIN5O2. The first-order valence-corrected chi connectivity index (χ1v) is 10.0. The van der Waals surface area contributed by atoms with Gasteiger partial charge >= 0.3 is 0 Å². The van der Waals surface area contributed by atoms with Crippen LogP contribution in [0.2, 0.25) is 0 Å². The van der Waals surface area contributed by atoms with Crippen LogP contribution < -0.4 is 16.0 Å². The van der Waals surface area contributed by atoms with Gasteiger partial charge in [0.2, 0.25) is 5.91 Å². The van der Waals surface area contributed by atoms with Crippen molar-refractivity contribution < 1.29 is 13.6 Å². The highest BCUT2D eigenvalue weighted by Crippen LogP contribution is 2.24. The van der Waals surface area contributed by atoms with Crippen molar-refractivity contribution in [3.8, 4) is 0 Å². The number of hydrogen-bond acceptors (Lipinski definition) is 4. The molecule has 0 saturated carbocycles. The summed E-state index contributed by atoms with van der Waals surface area (Å²) in [4.78, 5) is 18.9. The van der Waals surface area contributed by atoms with Gasteiger partial charge in [0.15, 0.2) is 5.96 Å². The number of benzene rings is 1. The normalized spacial score (nSPS) is 15.3. The van der Waals surface area contributed by atoms with Gasteiger partial charge in [-0.3, -0.25) is 9.69 Å². The predicted molar refractivity (Wildman–Crippen MR) is 127 cm³/mol. The van der Waals surface area contributed by atoms with Gasteiger partial charge in [-0.25, -0.2) is 9.38 Å². The molecule has 0 radical (unpaired) electrons. The van der Waals surface area contributed by atoms with Gasteiger partial charge in [-0.1, -0.05) is 6.07 Å². The number of rotatable bonds is 8. The Morgan fingerprint density at radius 1 is 1.23 bits per heavy atom. The van der Waals surface area contributed by atoms with Crippen LogP contribution in [0.5, 0.6) is 0 Å². The summed E-state index contributed by atoms with van der Waals surface area (Å²) in [5, 5.41) is 9.11. The second kappa shape index (κ2) is 12.5. The SMILES string of the molecule is CCNC(=NCC(=O)Nc1cccc(F)c1)NCC(c1ccco1)N1CCCC1.I. The van der Waals surface area contributed by atoms with Crippen LogP contribution in [-0.2, 0) is 4.79 Å². The molecular weight excluding hydrogens is 500 g/mol. The first kappa shape index (κ1) is 24.1. The topological polar surface area (TPSA) is 81.9 Å². The molecule has 1 fully saturated rings. The number of anilines is 1. The molecule has 30 heavy (non-hydrogen) atoms. The molecule has 1 atom stereocenters. The van der Waals surface area contributed by atoms with E-state index in [1.54, 1.807) is 18.4 Å². The summed E-state index contributed by atoms with van der Waals surface area (Å²) < 4.78 is 18.9. The van der Waals surface area contributed by atoms with Crippen LogP contribution in [0, 0.1) is 5.82 Å². The summed E-state index contributed by atoms with van der Waals surface area (Å²) in [6.07, 6.45) is 4.06. The van der Waals surface area contributed by atoms with Gasteiger partial charge in [0.05, 0.1) is 12.3 Å². The van der Waals surface area contributed by atoms with Crippen LogP contribution in [0.25, 0.3) is 0 Å². The molecule has 1 unspecified atom stereocenters. The first-order chi connectivity index (χ1) is 14.2. The van der Waals surface area contributed by atoms with E-state index in [1.165, 1.54) is 25.0 Å². The summed E-state index contributed by atoms with van der Waals surface area (Å²) in [6.45, 7) is 5.26. The van der Waals surface area contributed by atoms with Gasteiger partial charge in [0, 0.05) is 18.8 Å². The Bertz CT molecular complexity index is 809. The highest BCUT2D eigenvalue weighted by Gasteiger charge is 2.25. The van der Waals surface area contributed by atoms with Gasteiger partial charge in [0.1, 0.15) is 18.1 Å². The molecule has 9 heteroatoms. The molecule has 3 rings (SSSR count). The monoisotopic (exact) mass is 529 g/mol. The molecule has 1 aliphatic rings. The van der Waals surface area contributed by atoms with Crippen molar-refractivity contribution in [2.75, 3.05) is 38.0 Å². The average Bonchev–Trinajstić information content (AvgIpc) is 3.41. The first-order valence-electron chi connectivity index (χ1n) is 10.0. The minimum absolute atomic E-state index is 0. The molecule has 3 N–H and O–H groups in total. The van der Waals surface area contributed by atoms with E-state index in [0.29, 0.717) is 24.7 Å². The number of nitrogens with zero attached hydrogens (tertiary/aromatic N) is 2. The Labute approximate surface area is 193 Å². The van der Waals surface area contributed by atoms with Crippen molar-refractivity contribution in [1.82, 2.24) is 15.5 Å². The third-order valence-corrected chi connectivity index (χ3v) is 4.75. The van der Waals surface area contributed by atoms with E-state index in [4.69, 9.17) is 4.42 Å². The number of likely N-dealkylation sites (tertiary alicyclic amines) is 1. The lowest BCUT2D eigenvalue weighted by molar-refractivity contribution is -0.114. The van der Waals surface area contributed by atoms with Crippen LogP contribution in [0.15, 0.2) is 52.1 Å². The molecule has 0 aliphatic carbocycles. The smallest absolute Gasteiger partial charge is 0.246 e. The fourth-order valence-corrected chi connectivity index (χ4v) is 3.40. The number of guanidine groups is 1. The quantitative estimate of drug-likeness (QED) is 0.278. The van der Waals surface area contributed by atoms with Crippen molar-refractivity contribution in [1.29, 1.82) is 0 Å². The van der Waals surface area contributed by atoms with Gasteiger partial charge < -0.3 is 20.4 Å². The summed E-state index contributed by atoms with van der Waals surface area (Å²) in [6, 6.07) is 9.78.